The summed E-state index contributed by atoms with van der Waals surface area (Å²) < 4.78 is 38.7. The largest absolute Gasteiger partial charge is 0.406 e. The summed E-state index contributed by atoms with van der Waals surface area (Å²) in [5.41, 5.74) is 0. The van der Waals surface area contributed by atoms with Crippen molar-refractivity contribution >= 4 is 11.9 Å². The molecule has 2 fully saturated rings. The summed E-state index contributed by atoms with van der Waals surface area (Å²) in [7, 11) is 3.31. The van der Waals surface area contributed by atoms with E-state index in [2.05, 4.69) is 0 Å². The van der Waals surface area contributed by atoms with Crippen LogP contribution in [-0.4, -0.2) is 72.6 Å². The molecule has 1 heterocycles. The molecule has 0 atom stereocenters. The van der Waals surface area contributed by atoms with Gasteiger partial charge in [-0.3, -0.25) is 4.79 Å². The molecule has 1 aliphatic carbocycles. The van der Waals surface area contributed by atoms with Gasteiger partial charge in [-0.1, -0.05) is 12.8 Å². The average Bonchev–Trinajstić information content (AvgIpc) is 3.04. The van der Waals surface area contributed by atoms with Crippen LogP contribution in [0.5, 0.6) is 0 Å². The molecule has 1 saturated carbocycles. The minimum Gasteiger partial charge on any atom is -0.331 e. The average molecular weight is 349 g/mol. The number of nitrogens with zero attached hydrogens (tertiary/aromatic N) is 3. The summed E-state index contributed by atoms with van der Waals surface area (Å²) in [6.07, 6.45) is -0.456. The Bertz CT molecular complexity index is 454. The van der Waals surface area contributed by atoms with Gasteiger partial charge in [-0.15, -0.1) is 0 Å². The quantitative estimate of drug-likeness (QED) is 0.786. The van der Waals surface area contributed by atoms with Crippen molar-refractivity contribution in [2.75, 3.05) is 33.7 Å². The van der Waals surface area contributed by atoms with Crippen LogP contribution in [0, 0.1) is 5.92 Å². The van der Waals surface area contributed by atoms with Crippen molar-refractivity contribution in [1.29, 1.82) is 0 Å². The Morgan fingerprint density at radius 1 is 1.04 bits per heavy atom. The second-order valence-electron chi connectivity index (χ2n) is 6.96. The molecule has 0 aromatic heterocycles. The lowest BCUT2D eigenvalue weighted by Gasteiger charge is -2.37. The third-order valence-corrected chi connectivity index (χ3v) is 4.90. The molecular formula is C16H26F3N3O2. The van der Waals surface area contributed by atoms with Gasteiger partial charge in [0.2, 0.25) is 5.91 Å². The molecule has 2 rings (SSSR count). The van der Waals surface area contributed by atoms with E-state index < -0.39 is 24.5 Å². The molecule has 0 unspecified atom stereocenters. The van der Waals surface area contributed by atoms with Gasteiger partial charge in [-0.25, -0.2) is 4.79 Å². The Hall–Kier alpha value is -1.47. The first kappa shape index (κ1) is 18.9. The highest BCUT2D eigenvalue weighted by Gasteiger charge is 2.40. The van der Waals surface area contributed by atoms with Crippen LogP contribution in [0.1, 0.15) is 38.5 Å². The molecule has 2 aliphatic rings. The van der Waals surface area contributed by atoms with Crippen LogP contribution < -0.4 is 0 Å². The smallest absolute Gasteiger partial charge is 0.331 e. The normalized spacial score (nSPS) is 20.3. The molecule has 8 heteroatoms. The van der Waals surface area contributed by atoms with Crippen molar-refractivity contribution in [3.8, 4) is 0 Å². The monoisotopic (exact) mass is 349 g/mol. The number of urea groups is 1. The maximum atomic E-state index is 12.9. The van der Waals surface area contributed by atoms with Gasteiger partial charge in [0.1, 0.15) is 6.54 Å². The zero-order valence-electron chi connectivity index (χ0n) is 14.3. The number of likely N-dealkylation sites (tertiary alicyclic amines) is 1. The highest BCUT2D eigenvalue weighted by molar-refractivity contribution is 5.80. The maximum Gasteiger partial charge on any atom is 0.406 e. The molecule has 0 aromatic rings. The van der Waals surface area contributed by atoms with Crippen LogP contribution >= 0.6 is 0 Å². The summed E-state index contributed by atoms with van der Waals surface area (Å²) in [6.45, 7) is -0.330. The van der Waals surface area contributed by atoms with Gasteiger partial charge in [-0.2, -0.15) is 13.2 Å². The van der Waals surface area contributed by atoms with Gasteiger partial charge in [0.05, 0.1) is 0 Å². The highest BCUT2D eigenvalue weighted by Crippen LogP contribution is 2.30. The lowest BCUT2D eigenvalue weighted by Crippen LogP contribution is -2.51. The molecule has 1 aliphatic heterocycles. The second kappa shape index (κ2) is 7.61. The number of halogens is 3. The van der Waals surface area contributed by atoms with E-state index in [0.717, 1.165) is 17.7 Å². The van der Waals surface area contributed by atoms with E-state index in [4.69, 9.17) is 0 Å². The topological polar surface area (TPSA) is 43.9 Å². The lowest BCUT2D eigenvalue weighted by atomic mass is 9.94. The van der Waals surface area contributed by atoms with E-state index in [9.17, 15) is 22.8 Å². The first-order valence-electron chi connectivity index (χ1n) is 8.52. The second-order valence-corrected chi connectivity index (χ2v) is 6.96. The van der Waals surface area contributed by atoms with Crippen molar-refractivity contribution in [3.05, 3.63) is 0 Å². The van der Waals surface area contributed by atoms with Crippen LogP contribution in [0.3, 0.4) is 0 Å². The number of hydrogen-bond acceptors (Lipinski definition) is 2. The lowest BCUT2D eigenvalue weighted by molar-refractivity contribution is -0.169. The maximum absolute atomic E-state index is 12.9. The molecule has 24 heavy (non-hydrogen) atoms. The molecule has 0 spiro atoms. The minimum absolute atomic E-state index is 0.121. The van der Waals surface area contributed by atoms with E-state index in [-0.39, 0.29) is 12.1 Å². The fraction of sp³-hybridized carbons (Fsp3) is 0.875. The first-order chi connectivity index (χ1) is 11.2. The first-order valence-corrected chi connectivity index (χ1v) is 8.52. The Labute approximate surface area is 140 Å². The highest BCUT2D eigenvalue weighted by atomic mass is 19.4. The van der Waals surface area contributed by atoms with Gasteiger partial charge in [0.15, 0.2) is 0 Å². The predicted octanol–water partition coefficient (Wildman–Crippen LogP) is 2.71. The summed E-state index contributed by atoms with van der Waals surface area (Å²) >= 11 is 0. The Balaban J connectivity index is 1.98. The Morgan fingerprint density at radius 3 is 2.04 bits per heavy atom. The molecule has 0 radical (unpaired) electrons. The molecule has 138 valence electrons. The molecular weight excluding hydrogens is 323 g/mol. The summed E-state index contributed by atoms with van der Waals surface area (Å²) in [4.78, 5) is 28.8. The number of piperidine rings is 1. The zero-order valence-corrected chi connectivity index (χ0v) is 14.3. The van der Waals surface area contributed by atoms with Crippen LogP contribution in [-0.2, 0) is 4.79 Å². The Kier molecular flexibility index (Phi) is 5.98. The van der Waals surface area contributed by atoms with Crippen LogP contribution in [0.15, 0.2) is 0 Å². The van der Waals surface area contributed by atoms with Crippen LogP contribution in [0.25, 0.3) is 0 Å². The van der Waals surface area contributed by atoms with Crippen LogP contribution in [0.4, 0.5) is 18.0 Å². The van der Waals surface area contributed by atoms with Crippen molar-refractivity contribution in [2.24, 2.45) is 5.92 Å². The van der Waals surface area contributed by atoms with E-state index in [0.29, 0.717) is 38.8 Å². The molecule has 0 bridgehead atoms. The van der Waals surface area contributed by atoms with Crippen molar-refractivity contribution in [1.82, 2.24) is 14.7 Å². The number of hydrogen-bond donors (Lipinski definition) is 0. The van der Waals surface area contributed by atoms with Crippen molar-refractivity contribution in [2.45, 2.75) is 50.7 Å². The van der Waals surface area contributed by atoms with Crippen molar-refractivity contribution < 1.29 is 22.8 Å². The fourth-order valence-corrected chi connectivity index (χ4v) is 3.63. The number of carbonyl (C=O) groups excluding carboxylic acids is 2. The number of rotatable bonds is 3. The molecule has 0 aromatic carbocycles. The van der Waals surface area contributed by atoms with Gasteiger partial charge >= 0.3 is 12.2 Å². The fourth-order valence-electron chi connectivity index (χ4n) is 3.63. The van der Waals surface area contributed by atoms with Gasteiger partial charge < -0.3 is 14.7 Å². The molecule has 5 nitrogen and oxygen atoms in total. The van der Waals surface area contributed by atoms with Crippen LogP contribution in [0.2, 0.25) is 0 Å². The van der Waals surface area contributed by atoms with Gasteiger partial charge in [0.25, 0.3) is 0 Å². The van der Waals surface area contributed by atoms with E-state index in [1.807, 2.05) is 0 Å². The summed E-state index contributed by atoms with van der Waals surface area (Å²) in [5.74, 6) is -0.810. The molecule has 0 N–H and O–H groups in total. The van der Waals surface area contributed by atoms with E-state index in [1.54, 1.807) is 19.0 Å². The number of carbonyl (C=O) groups is 2. The number of alkyl halides is 3. The zero-order chi connectivity index (χ0) is 17.9. The van der Waals surface area contributed by atoms with E-state index in [1.165, 1.54) is 4.90 Å². The van der Waals surface area contributed by atoms with Gasteiger partial charge in [-0.05, 0) is 25.7 Å². The number of amides is 3. The molecule has 3 amide bonds. The standard InChI is InChI=1S/C16H26F3N3O2/c1-20(2)15(24)21-9-7-12(8-10-21)14(23)22(11-16(17,18)19)13-5-3-4-6-13/h12-13H,3-11H2,1-2H3. The van der Waals surface area contributed by atoms with Crippen molar-refractivity contribution in [3.63, 3.8) is 0 Å². The minimum atomic E-state index is -4.38. The molecule has 1 saturated heterocycles. The summed E-state index contributed by atoms with van der Waals surface area (Å²) in [5, 5.41) is 0. The van der Waals surface area contributed by atoms with E-state index >= 15 is 0 Å². The Morgan fingerprint density at radius 2 is 1.58 bits per heavy atom. The predicted molar refractivity (Wildman–Crippen MR) is 83.4 cm³/mol. The third kappa shape index (κ3) is 4.77. The van der Waals surface area contributed by atoms with Gasteiger partial charge in [0, 0.05) is 39.1 Å². The SMILES string of the molecule is CN(C)C(=O)N1CCC(C(=O)N(CC(F)(F)F)C2CCCC2)CC1. The third-order valence-electron chi connectivity index (χ3n) is 4.90. The summed E-state index contributed by atoms with van der Waals surface area (Å²) in [6, 6.07) is -0.413.